The van der Waals surface area contributed by atoms with Gasteiger partial charge >= 0.3 is 0 Å². The van der Waals surface area contributed by atoms with Crippen molar-refractivity contribution in [3.63, 3.8) is 0 Å². The van der Waals surface area contributed by atoms with E-state index in [9.17, 15) is 8.78 Å². The van der Waals surface area contributed by atoms with Crippen LogP contribution in [0.15, 0.2) is 0 Å². The summed E-state index contributed by atoms with van der Waals surface area (Å²) in [5, 5.41) is 0. The highest BCUT2D eigenvalue weighted by molar-refractivity contribution is 4.70. The average Bonchev–Trinajstić information content (AvgIpc) is 1.55. The number of rotatable bonds is 4. The van der Waals surface area contributed by atoms with Crippen LogP contribution >= 0.6 is 0 Å². The molecule has 0 bridgehead atoms. The molecule has 0 aromatic heterocycles. The molecule has 0 atom stereocenters. The fourth-order valence-electron chi connectivity index (χ4n) is 0.929. The monoisotopic (exact) mass is 164 g/mol. The lowest BCUT2D eigenvalue weighted by molar-refractivity contribution is 0.159. The van der Waals surface area contributed by atoms with E-state index in [0.29, 0.717) is 19.3 Å². The summed E-state index contributed by atoms with van der Waals surface area (Å²) >= 11 is 0. The van der Waals surface area contributed by atoms with Crippen molar-refractivity contribution in [2.24, 2.45) is 0 Å². The van der Waals surface area contributed by atoms with E-state index >= 15 is 0 Å². The largest absolute Gasteiger partial charge is 0.245 e. The van der Waals surface area contributed by atoms with E-state index in [1.165, 1.54) is 27.7 Å². The van der Waals surface area contributed by atoms with Gasteiger partial charge in [-0.3, -0.25) is 0 Å². The van der Waals surface area contributed by atoms with Crippen molar-refractivity contribution in [1.29, 1.82) is 0 Å². The normalized spacial score (nSPS) is 13.6. The molecule has 0 saturated heterocycles. The Morgan fingerprint density at radius 1 is 0.818 bits per heavy atom. The van der Waals surface area contributed by atoms with Gasteiger partial charge in [-0.2, -0.15) is 0 Å². The minimum Gasteiger partial charge on any atom is -0.245 e. The quantitative estimate of drug-likeness (QED) is 0.595. The predicted molar refractivity (Wildman–Crippen MR) is 44.2 cm³/mol. The number of halogens is 2. The highest BCUT2D eigenvalue weighted by Crippen LogP contribution is 2.22. The predicted octanol–water partition coefficient (Wildman–Crippen LogP) is 3.65. The third-order valence-electron chi connectivity index (χ3n) is 1.54. The van der Waals surface area contributed by atoms with Crippen LogP contribution in [0.2, 0.25) is 0 Å². The third kappa shape index (κ3) is 9.86. The molecule has 68 valence electrons. The summed E-state index contributed by atoms with van der Waals surface area (Å²) in [6, 6.07) is 0. The van der Waals surface area contributed by atoms with Crippen LogP contribution in [0.1, 0.15) is 47.0 Å². The molecule has 0 heterocycles. The van der Waals surface area contributed by atoms with Gasteiger partial charge in [0.25, 0.3) is 0 Å². The van der Waals surface area contributed by atoms with E-state index < -0.39 is 11.3 Å². The van der Waals surface area contributed by atoms with E-state index in [4.69, 9.17) is 0 Å². The van der Waals surface area contributed by atoms with Crippen molar-refractivity contribution in [2.75, 3.05) is 0 Å². The van der Waals surface area contributed by atoms with Gasteiger partial charge in [-0.25, -0.2) is 8.78 Å². The van der Waals surface area contributed by atoms with Gasteiger partial charge in [0.05, 0.1) is 0 Å². The maximum absolute atomic E-state index is 12.8. The molecule has 0 nitrogen and oxygen atoms in total. The highest BCUT2D eigenvalue weighted by Gasteiger charge is 2.19. The van der Waals surface area contributed by atoms with Crippen LogP contribution in [0.5, 0.6) is 0 Å². The minimum atomic E-state index is -1.15. The van der Waals surface area contributed by atoms with Crippen molar-refractivity contribution in [3.05, 3.63) is 0 Å². The Balaban J connectivity index is 3.44. The van der Waals surface area contributed by atoms with Crippen molar-refractivity contribution in [1.82, 2.24) is 0 Å². The maximum atomic E-state index is 12.8. The number of hydrogen-bond donors (Lipinski definition) is 0. The van der Waals surface area contributed by atoms with Crippen LogP contribution in [-0.2, 0) is 0 Å². The van der Waals surface area contributed by atoms with E-state index in [1.807, 2.05) is 0 Å². The second-order valence-electron chi connectivity index (χ2n) is 4.29. The molecule has 0 N–H and O–H groups in total. The van der Waals surface area contributed by atoms with Crippen molar-refractivity contribution < 1.29 is 8.78 Å². The third-order valence-corrected chi connectivity index (χ3v) is 1.54. The molecule has 0 amide bonds. The van der Waals surface area contributed by atoms with Gasteiger partial charge in [0.1, 0.15) is 11.3 Å². The van der Waals surface area contributed by atoms with Crippen LogP contribution in [-0.4, -0.2) is 11.3 Å². The van der Waals surface area contributed by atoms with Crippen LogP contribution in [0, 0.1) is 0 Å². The Morgan fingerprint density at radius 3 is 1.27 bits per heavy atom. The van der Waals surface area contributed by atoms with Crippen molar-refractivity contribution in [3.8, 4) is 0 Å². The molecule has 0 saturated carbocycles. The van der Waals surface area contributed by atoms with Gasteiger partial charge in [-0.15, -0.1) is 0 Å². The van der Waals surface area contributed by atoms with Crippen LogP contribution in [0.3, 0.4) is 0 Å². The zero-order valence-corrected chi connectivity index (χ0v) is 7.88. The van der Waals surface area contributed by atoms with Crippen LogP contribution in [0.25, 0.3) is 0 Å². The van der Waals surface area contributed by atoms with Gasteiger partial charge in [0.15, 0.2) is 0 Å². The Bertz CT molecular complexity index is 91.7. The van der Waals surface area contributed by atoms with Crippen molar-refractivity contribution >= 4 is 0 Å². The van der Waals surface area contributed by atoms with Gasteiger partial charge in [0, 0.05) is 0 Å². The van der Waals surface area contributed by atoms with Gasteiger partial charge in [-0.1, -0.05) is 0 Å². The standard InChI is InChI=1S/C9H18F2/c1-8(2,10)6-5-7-9(3,4)11/h5-7H2,1-4H3. The number of alkyl halides is 2. The summed E-state index contributed by atoms with van der Waals surface area (Å²) in [5.74, 6) is 0. The summed E-state index contributed by atoms with van der Waals surface area (Å²) in [6.07, 6.45) is 1.51. The molecule has 0 unspecified atom stereocenters. The lowest BCUT2D eigenvalue weighted by Crippen LogP contribution is -2.16. The molecule has 0 radical (unpaired) electrons. The number of hydrogen-bond acceptors (Lipinski definition) is 0. The van der Waals surface area contributed by atoms with Gasteiger partial charge < -0.3 is 0 Å². The first kappa shape index (κ1) is 10.9. The smallest absolute Gasteiger partial charge is 0.105 e. The first-order chi connectivity index (χ1) is 4.71. The highest BCUT2D eigenvalue weighted by atomic mass is 19.1. The molecule has 2 heteroatoms. The van der Waals surface area contributed by atoms with E-state index in [-0.39, 0.29) is 0 Å². The summed E-state index contributed by atoms with van der Waals surface area (Å²) in [7, 11) is 0. The molecule has 0 aromatic carbocycles. The Labute approximate surface area is 68.0 Å². The first-order valence-electron chi connectivity index (χ1n) is 4.09. The van der Waals surface area contributed by atoms with E-state index in [0.717, 1.165) is 0 Å². The Hall–Kier alpha value is -0.140. The lowest BCUT2D eigenvalue weighted by atomic mass is 9.97. The molecule has 0 aromatic rings. The summed E-state index contributed by atoms with van der Waals surface area (Å²) < 4.78 is 25.7. The molecular formula is C9H18F2. The molecule has 0 fully saturated rings. The first-order valence-corrected chi connectivity index (χ1v) is 4.09. The fourth-order valence-corrected chi connectivity index (χ4v) is 0.929. The lowest BCUT2D eigenvalue weighted by Gasteiger charge is -2.17. The summed E-state index contributed by atoms with van der Waals surface area (Å²) in [4.78, 5) is 0. The average molecular weight is 164 g/mol. The topological polar surface area (TPSA) is 0 Å². The van der Waals surface area contributed by atoms with Crippen molar-refractivity contribution in [2.45, 2.75) is 58.3 Å². The molecule has 0 aliphatic rings. The maximum Gasteiger partial charge on any atom is 0.105 e. The zero-order chi connectivity index (χ0) is 9.12. The van der Waals surface area contributed by atoms with Crippen LogP contribution in [0.4, 0.5) is 8.78 Å². The van der Waals surface area contributed by atoms with Gasteiger partial charge in [0.2, 0.25) is 0 Å². The van der Waals surface area contributed by atoms with Crippen LogP contribution < -0.4 is 0 Å². The molecule has 11 heavy (non-hydrogen) atoms. The Kier molecular flexibility index (Phi) is 3.46. The second-order valence-corrected chi connectivity index (χ2v) is 4.29. The molecule has 0 rings (SSSR count). The summed E-state index contributed by atoms with van der Waals surface area (Å²) in [6.45, 7) is 6.10. The second kappa shape index (κ2) is 3.51. The Morgan fingerprint density at radius 2 is 1.09 bits per heavy atom. The zero-order valence-electron chi connectivity index (χ0n) is 7.88. The van der Waals surface area contributed by atoms with E-state index in [1.54, 1.807) is 0 Å². The van der Waals surface area contributed by atoms with Gasteiger partial charge in [-0.05, 0) is 47.0 Å². The molecule has 0 spiro atoms. The minimum absolute atomic E-state index is 0.445. The molecule has 0 aliphatic heterocycles. The molecule has 0 aliphatic carbocycles. The SMILES string of the molecule is CC(C)(F)CCCC(C)(C)F. The molecular weight excluding hydrogens is 146 g/mol. The summed E-state index contributed by atoms with van der Waals surface area (Å²) in [5.41, 5.74) is -2.30. The fraction of sp³-hybridized carbons (Fsp3) is 1.00. The van der Waals surface area contributed by atoms with E-state index in [2.05, 4.69) is 0 Å².